The fraction of sp³-hybridized carbons (Fsp3) is 0.298. The van der Waals surface area contributed by atoms with Gasteiger partial charge in [-0.2, -0.15) is 0 Å². The molecule has 0 saturated carbocycles. The first kappa shape index (κ1) is 110. The Labute approximate surface area is 743 Å². The Morgan fingerprint density at radius 2 is 0.573 bits per heavy atom. The lowest BCUT2D eigenvalue weighted by Gasteiger charge is -1.95. The number of fused-ring (bicyclic) bond motifs is 10. The van der Waals surface area contributed by atoms with E-state index in [0.717, 1.165) is 116 Å². The Bertz CT molecular complexity index is 6310. The predicted octanol–water partition coefficient (Wildman–Crippen LogP) is 37.9. The number of rotatable bonds is 4. The molecule has 0 atom stereocenters. The molecule has 20 rings (SSSR count). The van der Waals surface area contributed by atoms with E-state index in [1.54, 1.807) is 18.8 Å². The molecule has 0 unspecified atom stereocenters. The van der Waals surface area contributed by atoms with Crippen LogP contribution in [-0.2, 0) is 25.7 Å². The van der Waals surface area contributed by atoms with Crippen LogP contribution in [-0.4, -0.2) is 0 Å². The number of hydrogen-bond donors (Lipinski definition) is 0. The molecule has 20 aromatic rings. The van der Waals surface area contributed by atoms with Crippen molar-refractivity contribution >= 4 is 110 Å². The summed E-state index contributed by atoms with van der Waals surface area (Å²) in [5.74, 6) is 6.06. The van der Waals surface area contributed by atoms with E-state index in [0.29, 0.717) is 0 Å². The van der Waals surface area contributed by atoms with Crippen LogP contribution < -0.4 is 0 Å². The Kier molecular flexibility index (Phi) is 45.0. The summed E-state index contributed by atoms with van der Waals surface area (Å²) in [6.07, 6.45) is 11.3. The van der Waals surface area contributed by atoms with E-state index in [2.05, 4.69) is 287 Å². The summed E-state index contributed by atoms with van der Waals surface area (Å²) in [7, 11) is 0. The van der Waals surface area contributed by atoms with Gasteiger partial charge in [0.25, 0.3) is 0 Å². The molecule has 10 heteroatoms. The van der Waals surface area contributed by atoms with Gasteiger partial charge in [-0.05, 0) is 276 Å². The molecular formula is C114H148O10. The van der Waals surface area contributed by atoms with Gasteiger partial charge in [0.15, 0.2) is 0 Å². The van der Waals surface area contributed by atoms with E-state index in [1.165, 1.54) is 132 Å². The summed E-state index contributed by atoms with van der Waals surface area (Å²) in [6, 6.07) is 74.6. The minimum atomic E-state index is 0. The maximum atomic E-state index is 5.66. The van der Waals surface area contributed by atoms with Gasteiger partial charge in [-0.3, -0.25) is 0 Å². The zero-order chi connectivity index (χ0) is 81.3. The van der Waals surface area contributed by atoms with E-state index in [-0.39, 0.29) is 74.3 Å². The lowest BCUT2D eigenvalue weighted by atomic mass is 10.1. The third-order valence-corrected chi connectivity index (χ3v) is 20.0. The molecule has 0 aliphatic heterocycles. The molecule has 0 bridgehead atoms. The van der Waals surface area contributed by atoms with Gasteiger partial charge >= 0.3 is 0 Å². The molecule has 0 aliphatic rings. The first-order valence-electron chi connectivity index (χ1n) is 39.5. The zero-order valence-electron chi connectivity index (χ0n) is 70.0. The highest BCUT2D eigenvalue weighted by Gasteiger charge is 2.10. The molecule has 10 nitrogen and oxygen atoms in total. The molecule has 0 aliphatic carbocycles. The molecule has 664 valence electrons. The standard InChI is InChI=1S/C12H14O.2C11H12O.7C10H10O.10CH4/c1-3-9-6-5-7-12-11(9)8-10(4-2)13-12;1-3-10-7-9-6-4-5-8(2)11(9)12-10;1-3-9-7-12-11-8(2)5-4-6-10(9)11;1-7-3-4-10-9(5-7)8(2)6-11-10;2*1-7-3-4-10-9(5-7)6-8(2)11-10;1-7-3-4-9-8(2)6-11-10(9)5-7;1-7-4-3-5-10-9(7)6-8(2)11-10;1-7-4-3-5-9-8(2)6-11-10(7)9;1-7-4-3-5-9-6-8(2)11-10(7)9;;;;;;;;;;/h5-8H,3-4H2,1-2H3;2*4-7H,3H2,1-2H3;7*3-6H,1-2H3;10*1H4. The highest BCUT2D eigenvalue weighted by molar-refractivity contribution is 5.88. The van der Waals surface area contributed by atoms with Crippen molar-refractivity contribution in [2.45, 2.75) is 238 Å². The van der Waals surface area contributed by atoms with Gasteiger partial charge in [-0.15, -0.1) is 0 Å². The fourth-order valence-corrected chi connectivity index (χ4v) is 13.8. The SMILES string of the molecule is C.C.C.C.C.C.C.C.C.C.CCc1cc2c(CC)cccc2o1.CCc1cc2cccc(C)c2o1.CCc1coc2c(C)cccc12.Cc1cc2c(C)cccc2o1.Cc1cc2cccc(C)c2o1.Cc1ccc2c(C)coc2c1.Cc1ccc2oc(C)cc2c1.Cc1ccc2oc(C)cc2c1.Cc1ccc2occ(C)c2c1.Cc1coc2c(C)cccc12. The maximum Gasteiger partial charge on any atom is 0.137 e. The minimum Gasteiger partial charge on any atom is -0.464 e. The molecule has 0 spiro atoms. The lowest BCUT2D eigenvalue weighted by Crippen LogP contribution is -1.78. The third-order valence-electron chi connectivity index (χ3n) is 20.0. The smallest absolute Gasteiger partial charge is 0.137 e. The van der Waals surface area contributed by atoms with E-state index < -0.39 is 0 Å². The normalized spacial score (nSPS) is 9.90. The second-order valence-corrected chi connectivity index (χ2v) is 29.6. The van der Waals surface area contributed by atoms with E-state index >= 15 is 0 Å². The van der Waals surface area contributed by atoms with Crippen molar-refractivity contribution in [1.82, 2.24) is 0 Å². The average Bonchev–Trinajstić information content (AvgIpc) is 1.65. The Balaban J connectivity index is 0.000000683. The molecule has 10 heterocycles. The van der Waals surface area contributed by atoms with E-state index in [4.69, 9.17) is 44.2 Å². The first-order chi connectivity index (χ1) is 54.9. The number of hydrogen-bond acceptors (Lipinski definition) is 10. The van der Waals surface area contributed by atoms with Gasteiger partial charge in [-0.1, -0.05) is 246 Å². The topological polar surface area (TPSA) is 131 Å². The van der Waals surface area contributed by atoms with Crippen molar-refractivity contribution in [3.8, 4) is 0 Å². The van der Waals surface area contributed by atoms with Crippen molar-refractivity contribution in [2.24, 2.45) is 0 Å². The fourth-order valence-electron chi connectivity index (χ4n) is 13.8. The number of furan rings is 10. The van der Waals surface area contributed by atoms with Crippen LogP contribution in [0.5, 0.6) is 0 Å². The molecule has 10 aromatic heterocycles. The summed E-state index contributed by atoms with van der Waals surface area (Å²) in [5.41, 5.74) is 27.5. The minimum absolute atomic E-state index is 0. The molecule has 0 N–H and O–H groups in total. The third kappa shape index (κ3) is 27.8. The van der Waals surface area contributed by atoms with Crippen LogP contribution in [0.1, 0.15) is 214 Å². The zero-order valence-corrected chi connectivity index (χ0v) is 70.0. The molecule has 124 heavy (non-hydrogen) atoms. The second kappa shape index (κ2) is 50.9. The van der Waals surface area contributed by atoms with E-state index in [1.807, 2.05) is 76.4 Å². The molecule has 0 amide bonds. The van der Waals surface area contributed by atoms with Crippen LogP contribution in [0.2, 0.25) is 0 Å². The van der Waals surface area contributed by atoms with Crippen molar-refractivity contribution in [1.29, 1.82) is 0 Å². The Morgan fingerprint density at radius 1 is 0.194 bits per heavy atom. The van der Waals surface area contributed by atoms with Crippen LogP contribution in [0, 0.1) is 111 Å². The molecule has 0 radical (unpaired) electrons. The second-order valence-electron chi connectivity index (χ2n) is 29.6. The van der Waals surface area contributed by atoms with E-state index in [9.17, 15) is 0 Å². The highest BCUT2D eigenvalue weighted by Crippen LogP contribution is 2.30. The summed E-state index contributed by atoms with van der Waals surface area (Å²) >= 11 is 0. The summed E-state index contributed by atoms with van der Waals surface area (Å²) < 4.78 is 54.6. The lowest BCUT2D eigenvalue weighted by molar-refractivity contribution is 0.555. The Hall–Kier alpha value is -12.4. The molecule has 0 saturated heterocycles. The average molecular weight is 1680 g/mol. The van der Waals surface area contributed by atoms with Gasteiger partial charge in [-0.25, -0.2) is 0 Å². The van der Waals surface area contributed by atoms with Crippen LogP contribution in [0.4, 0.5) is 0 Å². The summed E-state index contributed by atoms with van der Waals surface area (Å²) in [6.45, 7) is 41.3. The van der Waals surface area contributed by atoms with Crippen LogP contribution >= 0.6 is 0 Å². The number of benzene rings is 10. The molecule has 0 fully saturated rings. The van der Waals surface area contributed by atoms with Crippen molar-refractivity contribution < 1.29 is 44.2 Å². The van der Waals surface area contributed by atoms with Crippen molar-refractivity contribution in [2.75, 3.05) is 0 Å². The van der Waals surface area contributed by atoms with Crippen molar-refractivity contribution in [3.63, 3.8) is 0 Å². The van der Waals surface area contributed by atoms with Crippen LogP contribution in [0.25, 0.3) is 110 Å². The maximum absolute atomic E-state index is 5.66. The van der Waals surface area contributed by atoms with Crippen LogP contribution in [0.15, 0.2) is 288 Å². The van der Waals surface area contributed by atoms with Crippen molar-refractivity contribution in [3.05, 3.63) is 356 Å². The first-order valence-corrected chi connectivity index (χ1v) is 39.5. The quantitative estimate of drug-likeness (QED) is 0.168. The molecular weight excluding hydrogens is 1530 g/mol. The summed E-state index contributed by atoms with van der Waals surface area (Å²) in [5, 5.41) is 12.2. The summed E-state index contributed by atoms with van der Waals surface area (Å²) in [4.78, 5) is 0. The Morgan fingerprint density at radius 3 is 1.10 bits per heavy atom. The monoisotopic (exact) mass is 1680 g/mol. The van der Waals surface area contributed by atoms with Gasteiger partial charge in [0.2, 0.25) is 0 Å². The highest BCUT2D eigenvalue weighted by atomic mass is 16.4. The van der Waals surface area contributed by atoms with Gasteiger partial charge in [0.05, 0.1) is 25.1 Å². The number of aryl methyl sites for hydroxylation is 20. The predicted molar refractivity (Wildman–Crippen MR) is 543 cm³/mol. The van der Waals surface area contributed by atoms with Gasteiger partial charge < -0.3 is 44.2 Å². The largest absolute Gasteiger partial charge is 0.464 e. The van der Waals surface area contributed by atoms with Gasteiger partial charge in [0.1, 0.15) is 90.4 Å². The molecule has 10 aromatic carbocycles. The van der Waals surface area contributed by atoms with Crippen LogP contribution in [0.3, 0.4) is 0 Å². The number of para-hydroxylation sites is 4. The van der Waals surface area contributed by atoms with Gasteiger partial charge in [0, 0.05) is 66.7 Å².